The summed E-state index contributed by atoms with van der Waals surface area (Å²) in [7, 11) is 1.90. The molecular weight excluding hydrogens is 195 g/mol. The van der Waals surface area contributed by atoms with Crippen LogP contribution in [0.2, 0.25) is 18.0 Å². The second-order valence-electron chi connectivity index (χ2n) is 5.97. The molecule has 0 aromatic carbocycles. The molecule has 2 rings (SSSR count). The van der Waals surface area contributed by atoms with Gasteiger partial charge >= 0.3 is 0 Å². The van der Waals surface area contributed by atoms with Gasteiger partial charge in [0.2, 0.25) is 0 Å². The van der Waals surface area contributed by atoms with Crippen LogP contribution in [-0.4, -0.2) is 13.5 Å². The van der Waals surface area contributed by atoms with E-state index in [2.05, 4.69) is 0 Å². The predicted molar refractivity (Wildman–Crippen MR) is 72.3 cm³/mol. The number of hydrogen-bond donors (Lipinski definition) is 0. The smallest absolute Gasteiger partial charge is 0.120 e. The number of hydrogen-bond acceptors (Lipinski definition) is 1. The molecule has 0 radical (unpaired) electrons. The van der Waals surface area contributed by atoms with Crippen molar-refractivity contribution in [2.75, 3.05) is 7.11 Å². The molecular formula is C14H28BO-. The molecule has 0 aliphatic carbocycles. The van der Waals surface area contributed by atoms with Crippen LogP contribution in [0.25, 0.3) is 0 Å². The zero-order valence-electron chi connectivity index (χ0n) is 13.7. The van der Waals surface area contributed by atoms with Gasteiger partial charge in [0.15, 0.2) is 0 Å². The first-order valence-corrected chi connectivity index (χ1v) is 7.21. The van der Waals surface area contributed by atoms with E-state index in [-0.39, 0.29) is 0 Å². The first-order chi connectivity index (χ1) is 8.98. The molecule has 2 heterocycles. The molecule has 0 amide bonds. The lowest BCUT2D eigenvalue weighted by molar-refractivity contribution is 0.294. The van der Waals surface area contributed by atoms with Gasteiger partial charge in [0, 0.05) is 4.11 Å². The Labute approximate surface area is 105 Å². The standard InChI is InChI=1S/C14H28BO/c1-3-4-5-12-15(16-2)13-8-6-9-14(15)11-7-10-13/h13-14H,3-12H2,1-2H3/q-1/i1D3. The molecule has 0 aromatic heterocycles. The highest BCUT2D eigenvalue weighted by atomic mass is 16.4. The van der Waals surface area contributed by atoms with Crippen molar-refractivity contribution in [3.8, 4) is 0 Å². The summed E-state index contributed by atoms with van der Waals surface area (Å²) in [4.78, 5) is 0. The van der Waals surface area contributed by atoms with E-state index >= 15 is 0 Å². The summed E-state index contributed by atoms with van der Waals surface area (Å²) >= 11 is 0. The van der Waals surface area contributed by atoms with Crippen molar-refractivity contribution in [3.05, 3.63) is 0 Å². The Hall–Kier alpha value is 0.0249. The van der Waals surface area contributed by atoms with E-state index < -0.39 is 13.2 Å². The van der Waals surface area contributed by atoms with E-state index in [0.717, 1.165) is 30.8 Å². The predicted octanol–water partition coefficient (Wildman–Crippen LogP) is 4.88. The summed E-state index contributed by atoms with van der Waals surface area (Å²) in [6.07, 6.45) is 10.8. The molecule has 2 fully saturated rings. The lowest BCUT2D eigenvalue weighted by atomic mass is 9.18. The zero-order valence-corrected chi connectivity index (χ0v) is 10.7. The van der Waals surface area contributed by atoms with Crippen molar-refractivity contribution in [1.29, 1.82) is 0 Å². The van der Waals surface area contributed by atoms with Gasteiger partial charge < -0.3 is 4.65 Å². The van der Waals surface area contributed by atoms with Gasteiger partial charge in [0.1, 0.15) is 6.35 Å². The highest BCUT2D eigenvalue weighted by molar-refractivity contribution is 6.77. The van der Waals surface area contributed by atoms with Crippen LogP contribution >= 0.6 is 0 Å². The van der Waals surface area contributed by atoms with E-state index in [1.54, 1.807) is 0 Å². The number of fused-ring (bicyclic) bond motifs is 2. The second-order valence-corrected chi connectivity index (χ2v) is 5.97. The Balaban J connectivity index is 1.90. The maximum absolute atomic E-state index is 7.28. The summed E-state index contributed by atoms with van der Waals surface area (Å²) in [6, 6.07) is 0. The fraction of sp³-hybridized carbons (Fsp3) is 1.00. The van der Waals surface area contributed by atoms with Gasteiger partial charge in [0.05, 0.1) is 0 Å². The van der Waals surface area contributed by atoms with E-state index in [0.29, 0.717) is 6.42 Å². The average molecular weight is 226 g/mol. The molecule has 2 aliphatic heterocycles. The third-order valence-electron chi connectivity index (χ3n) is 5.42. The van der Waals surface area contributed by atoms with Crippen LogP contribution < -0.4 is 0 Å². The number of rotatable bonds is 5. The van der Waals surface area contributed by atoms with E-state index in [1.165, 1.54) is 38.5 Å². The Morgan fingerprint density at radius 2 is 1.75 bits per heavy atom. The Morgan fingerprint density at radius 3 is 2.25 bits per heavy atom. The lowest BCUT2D eigenvalue weighted by Crippen LogP contribution is -2.51. The van der Waals surface area contributed by atoms with Crippen molar-refractivity contribution in [2.24, 2.45) is 0 Å². The van der Waals surface area contributed by atoms with Crippen LogP contribution in [0.1, 0.15) is 68.8 Å². The highest BCUT2D eigenvalue weighted by Gasteiger charge is 2.43. The monoisotopic (exact) mass is 226 g/mol. The summed E-state index contributed by atoms with van der Waals surface area (Å²) in [5, 5.41) is 0. The first kappa shape index (κ1) is 9.02. The maximum Gasteiger partial charge on any atom is 0.120 e. The molecule has 0 saturated carbocycles. The van der Waals surface area contributed by atoms with Crippen molar-refractivity contribution < 1.29 is 8.77 Å². The number of unbranched alkanes of at least 4 members (excludes halogenated alkanes) is 1. The van der Waals surface area contributed by atoms with Gasteiger partial charge in [-0.15, -0.1) is 11.6 Å². The van der Waals surface area contributed by atoms with Gasteiger partial charge in [-0.1, -0.05) is 64.6 Å². The lowest BCUT2D eigenvalue weighted by Gasteiger charge is -2.58. The Morgan fingerprint density at radius 1 is 1.12 bits per heavy atom. The minimum absolute atomic E-state index is 0.359. The molecule has 16 heavy (non-hydrogen) atoms. The van der Waals surface area contributed by atoms with Crippen molar-refractivity contribution in [1.82, 2.24) is 0 Å². The minimum Gasteiger partial charge on any atom is -0.592 e. The second kappa shape index (κ2) is 5.57. The molecule has 2 heteroatoms. The third kappa shape index (κ3) is 2.18. The Bertz CT molecular complexity index is 271. The first-order valence-electron chi connectivity index (χ1n) is 8.71. The van der Waals surface area contributed by atoms with Gasteiger partial charge in [-0.3, -0.25) is 0 Å². The average Bonchev–Trinajstić information content (AvgIpc) is 2.32. The van der Waals surface area contributed by atoms with Crippen molar-refractivity contribution in [2.45, 2.75) is 82.6 Å². The molecule has 0 unspecified atom stereocenters. The van der Waals surface area contributed by atoms with E-state index in [1.807, 2.05) is 7.11 Å². The fourth-order valence-corrected chi connectivity index (χ4v) is 4.65. The molecule has 0 spiro atoms. The van der Waals surface area contributed by atoms with Gasteiger partial charge in [0.25, 0.3) is 0 Å². The van der Waals surface area contributed by atoms with E-state index in [9.17, 15) is 0 Å². The van der Waals surface area contributed by atoms with Crippen molar-refractivity contribution in [3.63, 3.8) is 0 Å². The maximum atomic E-state index is 7.28. The topological polar surface area (TPSA) is 9.23 Å². The van der Waals surface area contributed by atoms with E-state index in [4.69, 9.17) is 8.77 Å². The zero-order chi connectivity index (χ0) is 13.9. The molecule has 2 saturated heterocycles. The van der Waals surface area contributed by atoms with Crippen LogP contribution in [-0.2, 0) is 4.65 Å². The summed E-state index contributed by atoms with van der Waals surface area (Å²) in [5.41, 5.74) is 0. The molecule has 2 aliphatic rings. The SMILES string of the molecule is [2H]C([2H])([2H])CCCC[B-]1(OC)C2CCCC1CCC2. The van der Waals surface area contributed by atoms with Crippen LogP contribution in [0.15, 0.2) is 0 Å². The van der Waals surface area contributed by atoms with Crippen LogP contribution in [0.4, 0.5) is 0 Å². The van der Waals surface area contributed by atoms with Crippen molar-refractivity contribution >= 4 is 6.35 Å². The summed E-state index contributed by atoms with van der Waals surface area (Å²) < 4.78 is 27.9. The highest BCUT2D eigenvalue weighted by Crippen LogP contribution is 2.55. The van der Waals surface area contributed by atoms with Gasteiger partial charge in [-0.05, 0) is 7.11 Å². The third-order valence-corrected chi connectivity index (χ3v) is 5.42. The Kier molecular flexibility index (Phi) is 3.14. The normalized spacial score (nSPS) is 42.2. The van der Waals surface area contributed by atoms with Gasteiger partial charge in [-0.2, -0.15) is 6.32 Å². The van der Waals surface area contributed by atoms with Crippen LogP contribution in [0, 0.1) is 0 Å². The van der Waals surface area contributed by atoms with Crippen LogP contribution in [0.3, 0.4) is 0 Å². The molecule has 94 valence electrons. The van der Waals surface area contributed by atoms with Crippen LogP contribution in [0.5, 0.6) is 0 Å². The fourth-order valence-electron chi connectivity index (χ4n) is 4.65. The minimum atomic E-state index is -1.75. The largest absolute Gasteiger partial charge is 0.592 e. The summed E-state index contributed by atoms with van der Waals surface area (Å²) in [6.45, 7) is -1.75. The van der Waals surface area contributed by atoms with Gasteiger partial charge in [-0.25, -0.2) is 0 Å². The molecule has 1 nitrogen and oxygen atoms in total. The quantitative estimate of drug-likeness (QED) is 0.479. The summed E-state index contributed by atoms with van der Waals surface area (Å²) in [5.74, 6) is 1.57. The molecule has 0 atom stereocenters. The molecule has 2 bridgehead atoms. The molecule has 0 aromatic rings. The molecule has 0 N–H and O–H groups in total.